The molecule has 0 aliphatic carbocycles. The number of nitrogens with one attached hydrogen (secondary N) is 1. The van der Waals surface area contributed by atoms with Crippen LogP contribution < -0.4 is 5.32 Å². The number of amides is 2. The van der Waals surface area contributed by atoms with E-state index in [1.165, 1.54) is 30.4 Å². The molecule has 1 N–H and O–H groups in total. The molecule has 6 nitrogen and oxygen atoms in total. The third-order valence-corrected chi connectivity index (χ3v) is 6.40. The van der Waals surface area contributed by atoms with Gasteiger partial charge in [-0.05, 0) is 71.0 Å². The van der Waals surface area contributed by atoms with E-state index in [2.05, 4.69) is 35.3 Å². The molecular formula is C25H39N3O3. The van der Waals surface area contributed by atoms with Crippen LogP contribution in [0.1, 0.15) is 70.9 Å². The second kappa shape index (κ2) is 10.5. The molecule has 0 radical (unpaired) electrons. The third-order valence-electron chi connectivity index (χ3n) is 6.40. The molecule has 1 unspecified atom stereocenters. The van der Waals surface area contributed by atoms with Crippen LogP contribution in [0.4, 0.5) is 4.79 Å². The Labute approximate surface area is 187 Å². The molecule has 3 rings (SSSR count). The summed E-state index contributed by atoms with van der Waals surface area (Å²) in [7, 11) is 0. The first kappa shape index (κ1) is 23.6. The van der Waals surface area contributed by atoms with Gasteiger partial charge < -0.3 is 15.0 Å². The van der Waals surface area contributed by atoms with Crippen LogP contribution in [0.15, 0.2) is 24.3 Å². The lowest BCUT2D eigenvalue weighted by molar-refractivity contribution is -0.126. The number of hydrogen-bond donors (Lipinski definition) is 1. The molecule has 2 fully saturated rings. The highest BCUT2D eigenvalue weighted by molar-refractivity contribution is 5.79. The zero-order valence-electron chi connectivity index (χ0n) is 19.7. The fourth-order valence-corrected chi connectivity index (χ4v) is 4.47. The highest BCUT2D eigenvalue weighted by atomic mass is 16.6. The van der Waals surface area contributed by atoms with Gasteiger partial charge in [-0.25, -0.2) is 4.79 Å². The number of piperidine rings is 2. The topological polar surface area (TPSA) is 61.9 Å². The number of carbonyl (C=O) groups excluding carboxylic acids is 2. The van der Waals surface area contributed by atoms with Crippen molar-refractivity contribution < 1.29 is 14.3 Å². The highest BCUT2D eigenvalue weighted by Crippen LogP contribution is 2.22. The fourth-order valence-electron chi connectivity index (χ4n) is 4.47. The predicted molar refractivity (Wildman–Crippen MR) is 123 cm³/mol. The predicted octanol–water partition coefficient (Wildman–Crippen LogP) is 4.32. The van der Waals surface area contributed by atoms with Crippen LogP contribution in [0.25, 0.3) is 0 Å². The molecule has 1 aromatic rings. The molecule has 2 heterocycles. The number of ether oxygens (including phenoxy) is 1. The van der Waals surface area contributed by atoms with Crippen molar-refractivity contribution in [1.29, 1.82) is 0 Å². The maximum atomic E-state index is 12.8. The van der Waals surface area contributed by atoms with Crippen molar-refractivity contribution in [2.75, 3.05) is 19.6 Å². The van der Waals surface area contributed by atoms with Crippen LogP contribution in [0.3, 0.4) is 0 Å². The summed E-state index contributed by atoms with van der Waals surface area (Å²) in [5.41, 5.74) is 2.00. The summed E-state index contributed by atoms with van der Waals surface area (Å²) >= 11 is 0. The van der Waals surface area contributed by atoms with E-state index in [1.54, 1.807) is 4.90 Å². The Kier molecular flexibility index (Phi) is 7.98. The molecule has 0 saturated carbocycles. The highest BCUT2D eigenvalue weighted by Gasteiger charge is 2.30. The monoisotopic (exact) mass is 429 g/mol. The van der Waals surface area contributed by atoms with Crippen LogP contribution in [0, 0.1) is 5.92 Å². The fraction of sp³-hybridized carbons (Fsp3) is 0.680. The largest absolute Gasteiger partial charge is 0.444 e. The summed E-state index contributed by atoms with van der Waals surface area (Å²) in [5.74, 6) is 0.0398. The van der Waals surface area contributed by atoms with E-state index < -0.39 is 5.60 Å². The van der Waals surface area contributed by atoms with E-state index in [1.807, 2.05) is 26.8 Å². The van der Waals surface area contributed by atoms with E-state index in [-0.39, 0.29) is 17.9 Å². The summed E-state index contributed by atoms with van der Waals surface area (Å²) in [6.07, 6.45) is 4.93. The molecule has 0 bridgehead atoms. The van der Waals surface area contributed by atoms with E-state index in [0.717, 1.165) is 13.1 Å². The van der Waals surface area contributed by atoms with Gasteiger partial charge in [0.15, 0.2) is 0 Å². The van der Waals surface area contributed by atoms with Crippen LogP contribution in [0.5, 0.6) is 0 Å². The van der Waals surface area contributed by atoms with Gasteiger partial charge in [-0.1, -0.05) is 30.7 Å². The lowest BCUT2D eigenvalue weighted by Crippen LogP contribution is -2.44. The van der Waals surface area contributed by atoms with Crippen molar-refractivity contribution >= 4 is 12.0 Å². The lowest BCUT2D eigenvalue weighted by atomic mass is 9.96. The Hall–Kier alpha value is -2.08. The van der Waals surface area contributed by atoms with E-state index in [0.29, 0.717) is 38.5 Å². The van der Waals surface area contributed by atoms with Gasteiger partial charge in [-0.2, -0.15) is 0 Å². The molecule has 0 aromatic heterocycles. The number of carbonyl (C=O) groups is 2. The first-order chi connectivity index (χ1) is 14.7. The third kappa shape index (κ3) is 6.96. The quantitative estimate of drug-likeness (QED) is 0.757. The van der Waals surface area contributed by atoms with Gasteiger partial charge in [0.1, 0.15) is 5.60 Å². The number of likely N-dealkylation sites (tertiary alicyclic amines) is 2. The van der Waals surface area contributed by atoms with E-state index >= 15 is 0 Å². The molecule has 2 saturated heterocycles. The average molecular weight is 430 g/mol. The van der Waals surface area contributed by atoms with Crippen LogP contribution in [0.2, 0.25) is 0 Å². The standard InChI is InChI=1S/C25H39N3O3/c1-19-9-7-8-14-28(19)18-22-11-6-5-10-21(22)17-26-23(29)20-12-15-27(16-13-20)24(30)31-25(2,3)4/h5-6,10-11,19-20H,7-9,12-18H2,1-4H3,(H,26,29). The zero-order valence-corrected chi connectivity index (χ0v) is 19.7. The number of rotatable bonds is 5. The van der Waals surface area contributed by atoms with Crippen molar-refractivity contribution in [1.82, 2.24) is 15.1 Å². The van der Waals surface area contributed by atoms with Gasteiger partial charge in [0.05, 0.1) is 0 Å². The van der Waals surface area contributed by atoms with Crippen molar-refractivity contribution in [3.8, 4) is 0 Å². The average Bonchev–Trinajstić information content (AvgIpc) is 2.73. The summed E-state index contributed by atoms with van der Waals surface area (Å²) in [4.78, 5) is 29.3. The number of benzene rings is 1. The van der Waals surface area contributed by atoms with Gasteiger partial charge in [0.25, 0.3) is 0 Å². The Morgan fingerprint density at radius 2 is 1.71 bits per heavy atom. The molecule has 0 spiro atoms. The van der Waals surface area contributed by atoms with Crippen molar-refractivity contribution in [2.24, 2.45) is 5.92 Å². The molecule has 2 aliphatic heterocycles. The van der Waals surface area contributed by atoms with E-state index in [4.69, 9.17) is 4.74 Å². The summed E-state index contributed by atoms with van der Waals surface area (Å²) in [5, 5.41) is 3.15. The second-order valence-electron chi connectivity index (χ2n) is 10.0. The Balaban J connectivity index is 1.49. The molecule has 6 heteroatoms. The maximum Gasteiger partial charge on any atom is 0.410 e. The molecule has 172 valence electrons. The normalized spacial score (nSPS) is 21.0. The lowest BCUT2D eigenvalue weighted by Gasteiger charge is -2.34. The minimum Gasteiger partial charge on any atom is -0.444 e. The minimum absolute atomic E-state index is 0.0482. The Morgan fingerprint density at radius 1 is 1.03 bits per heavy atom. The first-order valence-electron chi connectivity index (χ1n) is 11.8. The molecule has 1 atom stereocenters. The second-order valence-corrected chi connectivity index (χ2v) is 10.0. The van der Waals surface area contributed by atoms with E-state index in [9.17, 15) is 9.59 Å². The van der Waals surface area contributed by atoms with Crippen LogP contribution >= 0.6 is 0 Å². The summed E-state index contributed by atoms with van der Waals surface area (Å²) < 4.78 is 5.44. The molecular weight excluding hydrogens is 390 g/mol. The molecule has 2 aliphatic rings. The number of hydrogen-bond acceptors (Lipinski definition) is 4. The van der Waals surface area contributed by atoms with Gasteiger partial charge in [-0.3, -0.25) is 9.69 Å². The van der Waals surface area contributed by atoms with Crippen LogP contribution in [-0.4, -0.2) is 53.1 Å². The van der Waals surface area contributed by atoms with Crippen molar-refractivity contribution in [2.45, 2.75) is 84.5 Å². The van der Waals surface area contributed by atoms with Gasteiger partial charge in [-0.15, -0.1) is 0 Å². The van der Waals surface area contributed by atoms with Gasteiger partial charge in [0.2, 0.25) is 5.91 Å². The molecule has 1 aromatic carbocycles. The minimum atomic E-state index is -0.495. The smallest absolute Gasteiger partial charge is 0.410 e. The Morgan fingerprint density at radius 3 is 2.35 bits per heavy atom. The van der Waals surface area contributed by atoms with Crippen molar-refractivity contribution in [3.63, 3.8) is 0 Å². The van der Waals surface area contributed by atoms with Gasteiger partial charge >= 0.3 is 6.09 Å². The molecule has 2 amide bonds. The first-order valence-corrected chi connectivity index (χ1v) is 11.8. The SMILES string of the molecule is CC1CCCCN1Cc1ccccc1CNC(=O)C1CCN(C(=O)OC(C)(C)C)CC1. The summed E-state index contributed by atoms with van der Waals surface area (Å²) in [6.45, 7) is 11.7. The number of nitrogens with zero attached hydrogens (tertiary/aromatic N) is 2. The molecule has 31 heavy (non-hydrogen) atoms. The van der Waals surface area contributed by atoms with Crippen molar-refractivity contribution in [3.05, 3.63) is 35.4 Å². The maximum absolute atomic E-state index is 12.8. The Bertz CT molecular complexity index is 751. The van der Waals surface area contributed by atoms with Crippen LogP contribution in [-0.2, 0) is 22.6 Å². The summed E-state index contributed by atoms with van der Waals surface area (Å²) in [6, 6.07) is 9.05. The zero-order chi connectivity index (χ0) is 22.4. The van der Waals surface area contributed by atoms with Gasteiger partial charge in [0, 0.05) is 38.1 Å².